The summed E-state index contributed by atoms with van der Waals surface area (Å²) in [5, 5.41) is 3.42. The summed E-state index contributed by atoms with van der Waals surface area (Å²) in [6.45, 7) is 6.41. The molecule has 2 rings (SSSR count). The van der Waals surface area contributed by atoms with E-state index in [1.54, 1.807) is 0 Å². The first-order valence-corrected chi connectivity index (χ1v) is 8.80. The van der Waals surface area contributed by atoms with Crippen molar-refractivity contribution < 1.29 is 4.79 Å². The van der Waals surface area contributed by atoms with Gasteiger partial charge in [-0.2, -0.15) is 0 Å². The Bertz CT molecular complexity index is 279. The van der Waals surface area contributed by atoms with E-state index in [4.69, 9.17) is 0 Å². The minimum atomic E-state index is 0.325. The van der Waals surface area contributed by atoms with Crippen LogP contribution in [0.25, 0.3) is 0 Å². The van der Waals surface area contributed by atoms with E-state index in [1.807, 2.05) is 0 Å². The fourth-order valence-corrected chi connectivity index (χ4v) is 3.72. The van der Waals surface area contributed by atoms with Crippen LogP contribution >= 0.6 is 0 Å². The molecule has 0 atom stereocenters. The Hall–Kier alpha value is -0.570. The fourth-order valence-electron chi connectivity index (χ4n) is 3.72. The molecule has 1 aliphatic carbocycles. The van der Waals surface area contributed by atoms with Crippen molar-refractivity contribution in [1.29, 1.82) is 0 Å². The summed E-state index contributed by atoms with van der Waals surface area (Å²) in [6, 6.07) is 0. The van der Waals surface area contributed by atoms with Crippen LogP contribution < -0.4 is 5.32 Å². The minimum Gasteiger partial charge on any atom is -0.342 e. The molecule has 1 saturated heterocycles. The first-order chi connectivity index (χ1) is 9.81. The van der Waals surface area contributed by atoms with Gasteiger partial charge in [-0.3, -0.25) is 4.79 Å². The molecule has 0 radical (unpaired) electrons. The number of hydrogen-bond acceptors (Lipinski definition) is 2. The van der Waals surface area contributed by atoms with E-state index in [0.29, 0.717) is 11.8 Å². The standard InChI is InChI=1S/C17H32N2O/c1-2-13-19(14-15-9-11-18-12-10-15)17(20)16-7-5-3-4-6-8-16/h15-16,18H,2-14H2,1H3. The third-order valence-electron chi connectivity index (χ3n) is 4.95. The van der Waals surface area contributed by atoms with Crippen molar-refractivity contribution in [3.05, 3.63) is 0 Å². The Morgan fingerprint density at radius 1 is 1.05 bits per heavy atom. The highest BCUT2D eigenvalue weighted by atomic mass is 16.2. The molecular formula is C17H32N2O. The summed E-state index contributed by atoms with van der Waals surface area (Å²) in [7, 11) is 0. The Morgan fingerprint density at radius 3 is 2.30 bits per heavy atom. The molecule has 3 heteroatoms. The molecule has 0 aromatic heterocycles. The van der Waals surface area contributed by atoms with E-state index in [1.165, 1.54) is 38.5 Å². The first-order valence-electron chi connectivity index (χ1n) is 8.80. The minimum absolute atomic E-state index is 0.325. The molecule has 20 heavy (non-hydrogen) atoms. The van der Waals surface area contributed by atoms with Crippen molar-refractivity contribution in [3.8, 4) is 0 Å². The molecular weight excluding hydrogens is 248 g/mol. The van der Waals surface area contributed by atoms with Gasteiger partial charge in [0.25, 0.3) is 0 Å². The van der Waals surface area contributed by atoms with Crippen LogP contribution in [0, 0.1) is 11.8 Å². The maximum atomic E-state index is 12.8. The van der Waals surface area contributed by atoms with E-state index in [9.17, 15) is 4.79 Å². The molecule has 0 unspecified atom stereocenters. The van der Waals surface area contributed by atoms with Gasteiger partial charge in [0.15, 0.2) is 0 Å². The maximum absolute atomic E-state index is 12.8. The van der Waals surface area contributed by atoms with E-state index in [0.717, 1.165) is 51.4 Å². The largest absolute Gasteiger partial charge is 0.342 e. The van der Waals surface area contributed by atoms with Gasteiger partial charge < -0.3 is 10.2 Å². The lowest BCUT2D eigenvalue weighted by molar-refractivity contribution is -0.136. The molecule has 3 nitrogen and oxygen atoms in total. The predicted molar refractivity (Wildman–Crippen MR) is 83.7 cm³/mol. The number of rotatable bonds is 5. The third-order valence-corrected chi connectivity index (χ3v) is 4.95. The number of carbonyl (C=O) groups is 1. The highest BCUT2D eigenvalue weighted by molar-refractivity contribution is 5.78. The second-order valence-electron chi connectivity index (χ2n) is 6.67. The van der Waals surface area contributed by atoms with Gasteiger partial charge in [0.1, 0.15) is 0 Å². The highest BCUT2D eigenvalue weighted by Crippen LogP contribution is 2.25. The van der Waals surface area contributed by atoms with E-state index >= 15 is 0 Å². The molecule has 0 aromatic rings. The monoisotopic (exact) mass is 280 g/mol. The predicted octanol–water partition coefficient (Wildman–Crippen LogP) is 3.20. The van der Waals surface area contributed by atoms with Crippen molar-refractivity contribution in [2.75, 3.05) is 26.2 Å². The Kier molecular flexibility index (Phi) is 6.85. The van der Waals surface area contributed by atoms with Crippen molar-refractivity contribution in [2.24, 2.45) is 11.8 Å². The average molecular weight is 280 g/mol. The number of hydrogen-bond donors (Lipinski definition) is 1. The van der Waals surface area contributed by atoms with Crippen molar-refractivity contribution >= 4 is 5.91 Å². The van der Waals surface area contributed by atoms with Crippen molar-refractivity contribution in [3.63, 3.8) is 0 Å². The van der Waals surface area contributed by atoms with Crippen molar-refractivity contribution in [1.82, 2.24) is 10.2 Å². The van der Waals surface area contributed by atoms with Crippen LogP contribution in [-0.2, 0) is 4.79 Å². The van der Waals surface area contributed by atoms with Gasteiger partial charge in [-0.05, 0) is 51.1 Å². The van der Waals surface area contributed by atoms with Crippen LogP contribution in [-0.4, -0.2) is 37.0 Å². The summed E-state index contributed by atoms with van der Waals surface area (Å²) in [4.78, 5) is 15.0. The normalized spacial score (nSPS) is 22.4. The summed E-state index contributed by atoms with van der Waals surface area (Å²) < 4.78 is 0. The number of piperidine rings is 1. The maximum Gasteiger partial charge on any atom is 0.225 e. The topological polar surface area (TPSA) is 32.3 Å². The lowest BCUT2D eigenvalue weighted by atomic mass is 9.94. The summed E-state index contributed by atoms with van der Waals surface area (Å²) in [6.07, 6.45) is 11.0. The zero-order valence-corrected chi connectivity index (χ0v) is 13.2. The quantitative estimate of drug-likeness (QED) is 0.784. The number of amides is 1. The van der Waals surface area contributed by atoms with Gasteiger partial charge in [-0.15, -0.1) is 0 Å². The first kappa shape index (κ1) is 15.8. The number of nitrogens with zero attached hydrogens (tertiary/aromatic N) is 1. The van der Waals surface area contributed by atoms with Crippen molar-refractivity contribution in [2.45, 2.75) is 64.7 Å². The van der Waals surface area contributed by atoms with Gasteiger partial charge in [0.2, 0.25) is 5.91 Å². The number of nitrogens with one attached hydrogen (secondary N) is 1. The average Bonchev–Trinajstić information content (AvgIpc) is 2.76. The SMILES string of the molecule is CCCN(CC1CCNCC1)C(=O)C1CCCCCC1. The molecule has 1 N–H and O–H groups in total. The third kappa shape index (κ3) is 4.76. The Balaban J connectivity index is 1.89. The van der Waals surface area contributed by atoms with Crippen LogP contribution in [0.3, 0.4) is 0 Å². The van der Waals surface area contributed by atoms with E-state index < -0.39 is 0 Å². The van der Waals surface area contributed by atoms with Gasteiger partial charge >= 0.3 is 0 Å². The van der Waals surface area contributed by atoms with E-state index in [-0.39, 0.29) is 0 Å². The molecule has 0 bridgehead atoms. The molecule has 0 aromatic carbocycles. The molecule has 2 fully saturated rings. The van der Waals surface area contributed by atoms with Crippen LogP contribution in [0.4, 0.5) is 0 Å². The zero-order chi connectivity index (χ0) is 14.2. The highest BCUT2D eigenvalue weighted by Gasteiger charge is 2.26. The summed E-state index contributed by atoms with van der Waals surface area (Å²) in [5.41, 5.74) is 0. The molecule has 1 aliphatic heterocycles. The number of carbonyl (C=O) groups excluding carboxylic acids is 1. The van der Waals surface area contributed by atoms with Gasteiger partial charge in [0, 0.05) is 19.0 Å². The Labute approximate surface area is 124 Å². The molecule has 1 heterocycles. The van der Waals surface area contributed by atoms with E-state index in [2.05, 4.69) is 17.1 Å². The molecule has 1 saturated carbocycles. The lowest BCUT2D eigenvalue weighted by Crippen LogP contribution is -2.42. The van der Waals surface area contributed by atoms with Crippen LogP contribution in [0.2, 0.25) is 0 Å². The van der Waals surface area contributed by atoms with Crippen LogP contribution in [0.5, 0.6) is 0 Å². The molecule has 2 aliphatic rings. The molecule has 0 spiro atoms. The fraction of sp³-hybridized carbons (Fsp3) is 0.941. The summed E-state index contributed by atoms with van der Waals surface area (Å²) in [5.74, 6) is 1.51. The van der Waals surface area contributed by atoms with Crippen LogP contribution in [0.15, 0.2) is 0 Å². The second-order valence-corrected chi connectivity index (χ2v) is 6.67. The Morgan fingerprint density at radius 2 is 1.70 bits per heavy atom. The lowest BCUT2D eigenvalue weighted by Gasteiger charge is -2.32. The smallest absolute Gasteiger partial charge is 0.225 e. The molecule has 1 amide bonds. The van der Waals surface area contributed by atoms with Gasteiger partial charge in [-0.1, -0.05) is 32.6 Å². The summed E-state index contributed by atoms with van der Waals surface area (Å²) >= 11 is 0. The van der Waals surface area contributed by atoms with Gasteiger partial charge in [-0.25, -0.2) is 0 Å². The van der Waals surface area contributed by atoms with Crippen LogP contribution in [0.1, 0.15) is 64.7 Å². The van der Waals surface area contributed by atoms with Gasteiger partial charge in [0.05, 0.1) is 0 Å². The second kappa shape index (κ2) is 8.66. The molecule has 116 valence electrons. The zero-order valence-electron chi connectivity index (χ0n) is 13.2.